The molecule has 8 rings (SSSR count). The molecule has 0 atom stereocenters. The second-order valence-corrected chi connectivity index (χ2v) is 10.4. The van der Waals surface area contributed by atoms with Gasteiger partial charge in [0.2, 0.25) is 5.95 Å². The van der Waals surface area contributed by atoms with E-state index in [1.807, 2.05) is 12.1 Å². The van der Waals surface area contributed by atoms with Crippen molar-refractivity contribution in [1.82, 2.24) is 14.5 Å². The zero-order valence-electron chi connectivity index (χ0n) is 20.4. The van der Waals surface area contributed by atoms with E-state index >= 15 is 0 Å². The van der Waals surface area contributed by atoms with Gasteiger partial charge in [0.25, 0.3) is 0 Å². The van der Waals surface area contributed by atoms with Crippen molar-refractivity contribution in [3.05, 3.63) is 127 Å². The summed E-state index contributed by atoms with van der Waals surface area (Å²) < 4.78 is 3.52. The molecule has 0 amide bonds. The summed E-state index contributed by atoms with van der Waals surface area (Å²) in [5.41, 5.74) is 6.23. The standard InChI is InChI=1S/C34H21N3S/c1-3-10-23(11-4-1)28-21-29(24-12-5-2-6-13-24)36-34(35-28)37-30-18-16-22-9-7-8-14-26(22)31(30)27-17-15-25-19-20-38-33(25)32(27)37/h1-21H. The lowest BCUT2D eigenvalue weighted by Gasteiger charge is -2.12. The fourth-order valence-corrected chi connectivity index (χ4v) is 6.48. The van der Waals surface area contributed by atoms with Crippen LogP contribution >= 0.6 is 11.3 Å². The van der Waals surface area contributed by atoms with E-state index in [-0.39, 0.29) is 0 Å². The third-order valence-electron chi connectivity index (χ3n) is 7.29. The second-order valence-electron chi connectivity index (χ2n) is 9.49. The SMILES string of the molecule is c1ccc(-c2cc(-c3ccccc3)nc(-n3c4ccc5ccccc5c4c4ccc5ccsc5c43)n2)cc1. The number of rotatable bonds is 3. The van der Waals surface area contributed by atoms with Crippen LogP contribution in [-0.2, 0) is 0 Å². The van der Waals surface area contributed by atoms with E-state index in [0.717, 1.165) is 33.5 Å². The number of nitrogens with zero attached hydrogens (tertiary/aromatic N) is 3. The molecule has 0 N–H and O–H groups in total. The molecule has 0 aliphatic rings. The van der Waals surface area contributed by atoms with E-state index < -0.39 is 0 Å². The van der Waals surface area contributed by atoms with E-state index in [1.165, 1.54) is 31.6 Å². The lowest BCUT2D eigenvalue weighted by molar-refractivity contribution is 0.999. The number of aromatic nitrogens is 3. The third-order valence-corrected chi connectivity index (χ3v) is 8.23. The van der Waals surface area contributed by atoms with Crippen LogP contribution in [0, 0.1) is 0 Å². The van der Waals surface area contributed by atoms with Crippen molar-refractivity contribution in [3.8, 4) is 28.5 Å². The Morgan fingerprint density at radius 1 is 0.553 bits per heavy atom. The summed E-state index contributed by atoms with van der Waals surface area (Å²) in [5, 5.41) is 8.34. The minimum atomic E-state index is 0.682. The highest BCUT2D eigenvalue weighted by Crippen LogP contribution is 2.41. The minimum Gasteiger partial charge on any atom is -0.276 e. The van der Waals surface area contributed by atoms with Gasteiger partial charge in [-0.2, -0.15) is 0 Å². The van der Waals surface area contributed by atoms with Crippen LogP contribution < -0.4 is 0 Å². The van der Waals surface area contributed by atoms with Crippen LogP contribution in [0.15, 0.2) is 127 Å². The first kappa shape index (κ1) is 21.3. The highest BCUT2D eigenvalue weighted by Gasteiger charge is 2.20. The Balaban J connectivity index is 1.55. The number of hydrogen-bond donors (Lipinski definition) is 0. The number of fused-ring (bicyclic) bond motifs is 7. The molecule has 3 heterocycles. The van der Waals surface area contributed by atoms with E-state index in [4.69, 9.17) is 9.97 Å². The van der Waals surface area contributed by atoms with Gasteiger partial charge in [-0.15, -0.1) is 11.3 Å². The smallest absolute Gasteiger partial charge is 0.235 e. The lowest BCUT2D eigenvalue weighted by Crippen LogP contribution is -2.04. The van der Waals surface area contributed by atoms with Crippen molar-refractivity contribution >= 4 is 54.0 Å². The molecule has 0 fully saturated rings. The van der Waals surface area contributed by atoms with Gasteiger partial charge in [0.15, 0.2) is 0 Å². The van der Waals surface area contributed by atoms with Gasteiger partial charge >= 0.3 is 0 Å². The Morgan fingerprint density at radius 3 is 1.95 bits per heavy atom. The summed E-state index contributed by atoms with van der Waals surface area (Å²) >= 11 is 1.77. The molecule has 0 saturated carbocycles. The normalized spacial score (nSPS) is 11.7. The second kappa shape index (κ2) is 8.37. The fourth-order valence-electron chi connectivity index (χ4n) is 5.55. The molecule has 0 aliphatic carbocycles. The summed E-state index contributed by atoms with van der Waals surface area (Å²) in [6.45, 7) is 0. The topological polar surface area (TPSA) is 30.7 Å². The molecule has 0 aliphatic heterocycles. The molecule has 38 heavy (non-hydrogen) atoms. The molecule has 178 valence electrons. The molecule has 3 aromatic heterocycles. The summed E-state index contributed by atoms with van der Waals surface area (Å²) in [5.74, 6) is 0.682. The Bertz CT molecular complexity index is 2070. The molecular weight excluding hydrogens is 482 g/mol. The van der Waals surface area contributed by atoms with Crippen LogP contribution in [0.1, 0.15) is 0 Å². The van der Waals surface area contributed by atoms with E-state index in [2.05, 4.69) is 119 Å². The molecule has 0 saturated heterocycles. The molecule has 4 heteroatoms. The van der Waals surface area contributed by atoms with Crippen LogP contribution in [0.25, 0.3) is 71.1 Å². The quantitative estimate of drug-likeness (QED) is 0.240. The van der Waals surface area contributed by atoms with Crippen molar-refractivity contribution in [3.63, 3.8) is 0 Å². The molecule has 5 aromatic carbocycles. The fraction of sp³-hybridized carbons (Fsp3) is 0. The van der Waals surface area contributed by atoms with Crippen molar-refractivity contribution < 1.29 is 0 Å². The van der Waals surface area contributed by atoms with Crippen LogP contribution in [0.5, 0.6) is 0 Å². The van der Waals surface area contributed by atoms with E-state index in [9.17, 15) is 0 Å². The van der Waals surface area contributed by atoms with Gasteiger partial charge in [0, 0.05) is 21.9 Å². The molecule has 0 unspecified atom stereocenters. The zero-order chi connectivity index (χ0) is 25.1. The van der Waals surface area contributed by atoms with Crippen LogP contribution in [0.4, 0.5) is 0 Å². The Hall–Kier alpha value is -4.80. The first-order valence-electron chi connectivity index (χ1n) is 12.7. The average Bonchev–Trinajstić information content (AvgIpc) is 3.60. The Morgan fingerprint density at radius 2 is 1.21 bits per heavy atom. The monoisotopic (exact) mass is 503 g/mol. The van der Waals surface area contributed by atoms with Crippen LogP contribution in [-0.4, -0.2) is 14.5 Å². The van der Waals surface area contributed by atoms with Crippen LogP contribution in [0.2, 0.25) is 0 Å². The molecule has 8 aromatic rings. The number of benzene rings is 5. The van der Waals surface area contributed by atoms with Crippen molar-refractivity contribution in [2.75, 3.05) is 0 Å². The van der Waals surface area contributed by atoms with E-state index in [1.54, 1.807) is 11.3 Å². The molecule has 0 radical (unpaired) electrons. The number of hydrogen-bond acceptors (Lipinski definition) is 3. The van der Waals surface area contributed by atoms with Gasteiger partial charge in [-0.3, -0.25) is 4.57 Å². The highest BCUT2D eigenvalue weighted by molar-refractivity contribution is 7.18. The lowest BCUT2D eigenvalue weighted by atomic mass is 10.0. The van der Waals surface area contributed by atoms with Crippen molar-refractivity contribution in [2.24, 2.45) is 0 Å². The highest BCUT2D eigenvalue weighted by atomic mass is 32.1. The van der Waals surface area contributed by atoms with Gasteiger partial charge in [-0.25, -0.2) is 9.97 Å². The van der Waals surface area contributed by atoms with Gasteiger partial charge < -0.3 is 0 Å². The maximum atomic E-state index is 5.20. The summed E-state index contributed by atoms with van der Waals surface area (Å²) in [4.78, 5) is 10.4. The van der Waals surface area contributed by atoms with Gasteiger partial charge in [-0.1, -0.05) is 103 Å². The average molecular weight is 504 g/mol. The molecular formula is C34H21N3S. The van der Waals surface area contributed by atoms with Crippen LogP contribution in [0.3, 0.4) is 0 Å². The van der Waals surface area contributed by atoms with Gasteiger partial charge in [-0.05, 0) is 39.7 Å². The predicted molar refractivity (Wildman–Crippen MR) is 160 cm³/mol. The van der Waals surface area contributed by atoms with Crippen molar-refractivity contribution in [2.45, 2.75) is 0 Å². The summed E-state index contributed by atoms with van der Waals surface area (Å²) in [6.07, 6.45) is 0. The summed E-state index contributed by atoms with van der Waals surface area (Å²) in [6, 6.07) is 42.6. The maximum absolute atomic E-state index is 5.20. The largest absolute Gasteiger partial charge is 0.276 e. The number of thiophene rings is 1. The van der Waals surface area contributed by atoms with Crippen molar-refractivity contribution in [1.29, 1.82) is 0 Å². The molecule has 0 bridgehead atoms. The Kier molecular flexibility index (Phi) is 4.69. The first-order valence-corrected chi connectivity index (χ1v) is 13.6. The van der Waals surface area contributed by atoms with Gasteiger partial charge in [0.1, 0.15) is 0 Å². The zero-order valence-corrected chi connectivity index (χ0v) is 21.2. The van der Waals surface area contributed by atoms with E-state index in [0.29, 0.717) is 5.95 Å². The first-order chi connectivity index (χ1) is 18.8. The minimum absolute atomic E-state index is 0.682. The predicted octanol–water partition coefficient (Wildman–Crippen LogP) is 9.28. The molecule has 3 nitrogen and oxygen atoms in total. The Labute approximate surface area is 223 Å². The molecule has 0 spiro atoms. The van der Waals surface area contributed by atoms with Gasteiger partial charge in [0.05, 0.1) is 27.1 Å². The summed E-state index contributed by atoms with van der Waals surface area (Å²) in [7, 11) is 0. The third kappa shape index (κ3) is 3.21. The maximum Gasteiger partial charge on any atom is 0.235 e.